The molecule has 1 fully saturated rings. The van der Waals surface area contributed by atoms with Crippen LogP contribution < -0.4 is 15.0 Å². The van der Waals surface area contributed by atoms with Gasteiger partial charge in [0.15, 0.2) is 5.54 Å². The number of benzene rings is 1. The highest BCUT2D eigenvalue weighted by Gasteiger charge is 2.50. The van der Waals surface area contributed by atoms with E-state index in [-0.39, 0.29) is 12.5 Å². The fourth-order valence-corrected chi connectivity index (χ4v) is 3.13. The number of likely N-dealkylation sites (N-methyl/N-ethyl adjacent to an activating group) is 1. The van der Waals surface area contributed by atoms with Crippen LogP contribution in [0.3, 0.4) is 0 Å². The van der Waals surface area contributed by atoms with Crippen molar-refractivity contribution in [2.75, 3.05) is 33.1 Å². The van der Waals surface area contributed by atoms with Gasteiger partial charge < -0.3 is 19.7 Å². The first kappa shape index (κ1) is 18.3. The standard InChI is InChI=1S/C18H26N2O4/c1-6-24-16(21)14-11-13(23-5)10-12(2)15(14)19-17(22)18(20(3)4)8-7-9-18/h10-11H,6-9H2,1-5H3,(H,19,22)/p+1. The quantitative estimate of drug-likeness (QED) is 0.766. The zero-order valence-electron chi connectivity index (χ0n) is 15.1. The molecule has 2 rings (SSSR count). The van der Waals surface area contributed by atoms with Gasteiger partial charge in [-0.05, 0) is 38.0 Å². The van der Waals surface area contributed by atoms with Crippen molar-refractivity contribution >= 4 is 17.6 Å². The first-order valence-electron chi connectivity index (χ1n) is 8.33. The summed E-state index contributed by atoms with van der Waals surface area (Å²) in [7, 11) is 5.53. The number of ether oxygens (including phenoxy) is 2. The minimum absolute atomic E-state index is 0.0486. The van der Waals surface area contributed by atoms with Gasteiger partial charge in [0.25, 0.3) is 5.91 Å². The Hall–Kier alpha value is -2.08. The minimum Gasteiger partial charge on any atom is -0.497 e. The Morgan fingerprint density at radius 3 is 2.42 bits per heavy atom. The van der Waals surface area contributed by atoms with Crippen LogP contribution in [0, 0.1) is 6.92 Å². The maximum absolute atomic E-state index is 12.9. The molecule has 6 nitrogen and oxygen atoms in total. The molecule has 0 heterocycles. The topological polar surface area (TPSA) is 69.1 Å². The monoisotopic (exact) mass is 335 g/mol. The van der Waals surface area contributed by atoms with Gasteiger partial charge in [-0.25, -0.2) is 4.79 Å². The molecular formula is C18H27N2O4+. The Labute approximate surface area is 143 Å². The highest BCUT2D eigenvalue weighted by molar-refractivity contribution is 6.05. The van der Waals surface area contributed by atoms with Crippen LogP contribution in [0.5, 0.6) is 5.75 Å². The third-order valence-electron chi connectivity index (χ3n) is 4.88. The number of esters is 1. The van der Waals surface area contributed by atoms with Gasteiger partial charge >= 0.3 is 5.97 Å². The molecule has 0 unspecified atom stereocenters. The molecular weight excluding hydrogens is 308 g/mol. The predicted octanol–water partition coefficient (Wildman–Crippen LogP) is 1.19. The van der Waals surface area contributed by atoms with E-state index in [2.05, 4.69) is 5.32 Å². The summed E-state index contributed by atoms with van der Waals surface area (Å²) in [6, 6.07) is 3.41. The molecule has 1 aliphatic rings. The summed E-state index contributed by atoms with van der Waals surface area (Å²) >= 11 is 0. The van der Waals surface area contributed by atoms with Crippen molar-refractivity contribution in [3.8, 4) is 5.75 Å². The van der Waals surface area contributed by atoms with Gasteiger partial charge in [-0.15, -0.1) is 0 Å². The average Bonchev–Trinajstić information content (AvgIpc) is 2.47. The minimum atomic E-state index is -0.463. The van der Waals surface area contributed by atoms with Gasteiger partial charge in [-0.3, -0.25) is 4.79 Å². The third kappa shape index (κ3) is 3.24. The van der Waals surface area contributed by atoms with Crippen molar-refractivity contribution in [1.29, 1.82) is 0 Å². The van der Waals surface area contributed by atoms with Crippen LogP contribution in [0.25, 0.3) is 0 Å². The summed E-state index contributed by atoms with van der Waals surface area (Å²) in [4.78, 5) is 26.3. The molecule has 1 amide bonds. The van der Waals surface area contributed by atoms with Crippen LogP contribution in [-0.4, -0.2) is 45.2 Å². The van der Waals surface area contributed by atoms with E-state index in [1.807, 2.05) is 21.0 Å². The van der Waals surface area contributed by atoms with E-state index in [0.29, 0.717) is 17.0 Å². The maximum Gasteiger partial charge on any atom is 0.340 e. The molecule has 1 aliphatic carbocycles. The van der Waals surface area contributed by atoms with Crippen LogP contribution in [0.1, 0.15) is 42.1 Å². The third-order valence-corrected chi connectivity index (χ3v) is 4.88. The Bertz CT molecular complexity index is 636. The number of hydrogen-bond acceptors (Lipinski definition) is 4. The Morgan fingerprint density at radius 1 is 1.29 bits per heavy atom. The molecule has 1 aromatic carbocycles. The largest absolute Gasteiger partial charge is 0.497 e. The predicted molar refractivity (Wildman–Crippen MR) is 91.7 cm³/mol. The van der Waals surface area contributed by atoms with Crippen LogP contribution >= 0.6 is 0 Å². The highest BCUT2D eigenvalue weighted by atomic mass is 16.5. The number of carbonyl (C=O) groups is 2. The lowest BCUT2D eigenvalue weighted by atomic mass is 9.75. The zero-order chi connectivity index (χ0) is 17.9. The second-order valence-electron chi connectivity index (χ2n) is 6.48. The molecule has 132 valence electrons. The molecule has 0 saturated heterocycles. The SMILES string of the molecule is CCOC(=O)c1cc(OC)cc(C)c1NC(=O)C1([NH+](C)C)CCC1. The van der Waals surface area contributed by atoms with Gasteiger partial charge in [0.1, 0.15) is 5.75 Å². The van der Waals surface area contributed by atoms with Crippen molar-refractivity contribution in [2.24, 2.45) is 0 Å². The van der Waals surface area contributed by atoms with E-state index in [9.17, 15) is 9.59 Å². The summed E-state index contributed by atoms with van der Waals surface area (Å²) in [5.41, 5.74) is 1.18. The van der Waals surface area contributed by atoms with Gasteiger partial charge in [-0.1, -0.05) is 0 Å². The van der Waals surface area contributed by atoms with E-state index >= 15 is 0 Å². The molecule has 1 aromatic rings. The molecule has 0 spiro atoms. The number of rotatable bonds is 6. The smallest absolute Gasteiger partial charge is 0.340 e. The summed E-state index contributed by atoms with van der Waals surface area (Å²) in [5, 5.41) is 2.98. The molecule has 0 bridgehead atoms. The summed E-state index contributed by atoms with van der Waals surface area (Å²) in [6.07, 6.45) is 2.75. The Morgan fingerprint density at radius 2 is 1.96 bits per heavy atom. The first-order chi connectivity index (χ1) is 11.4. The maximum atomic E-state index is 12.9. The van der Waals surface area contributed by atoms with E-state index in [4.69, 9.17) is 9.47 Å². The van der Waals surface area contributed by atoms with Crippen molar-refractivity contribution in [3.63, 3.8) is 0 Å². The average molecular weight is 335 g/mol. The number of hydrogen-bond donors (Lipinski definition) is 2. The molecule has 0 aliphatic heterocycles. The highest BCUT2D eigenvalue weighted by Crippen LogP contribution is 2.33. The van der Waals surface area contributed by atoms with Crippen LogP contribution in [0.4, 0.5) is 5.69 Å². The lowest BCUT2D eigenvalue weighted by Gasteiger charge is -2.42. The number of aryl methyl sites for hydroxylation is 1. The van der Waals surface area contributed by atoms with Crippen molar-refractivity contribution < 1.29 is 24.0 Å². The van der Waals surface area contributed by atoms with Gasteiger partial charge in [-0.2, -0.15) is 0 Å². The number of anilines is 1. The number of quaternary nitrogens is 1. The molecule has 1 saturated carbocycles. The van der Waals surface area contributed by atoms with Gasteiger partial charge in [0, 0.05) is 12.8 Å². The molecule has 0 radical (unpaired) electrons. The number of methoxy groups -OCH3 is 1. The van der Waals surface area contributed by atoms with E-state index in [1.54, 1.807) is 26.2 Å². The first-order valence-corrected chi connectivity index (χ1v) is 8.33. The number of amides is 1. The second kappa shape index (κ2) is 7.21. The molecule has 2 N–H and O–H groups in total. The Kier molecular flexibility index (Phi) is 5.49. The Balaban J connectivity index is 2.38. The van der Waals surface area contributed by atoms with Crippen molar-refractivity contribution in [2.45, 2.75) is 38.6 Å². The fourth-order valence-electron chi connectivity index (χ4n) is 3.13. The number of nitrogens with one attached hydrogen (secondary N) is 2. The zero-order valence-corrected chi connectivity index (χ0v) is 15.1. The molecule has 24 heavy (non-hydrogen) atoms. The van der Waals surface area contributed by atoms with Crippen LogP contribution in [0.15, 0.2) is 12.1 Å². The van der Waals surface area contributed by atoms with E-state index in [1.165, 1.54) is 0 Å². The van der Waals surface area contributed by atoms with E-state index < -0.39 is 11.5 Å². The molecule has 6 heteroatoms. The summed E-state index contributed by atoms with van der Waals surface area (Å²) < 4.78 is 10.4. The van der Waals surface area contributed by atoms with Crippen LogP contribution in [-0.2, 0) is 9.53 Å². The normalized spacial score (nSPS) is 15.6. The lowest BCUT2D eigenvalue weighted by molar-refractivity contribution is -0.910. The summed E-state index contributed by atoms with van der Waals surface area (Å²) in [6.45, 7) is 3.87. The molecule has 0 aromatic heterocycles. The summed E-state index contributed by atoms with van der Waals surface area (Å²) in [5.74, 6) is 0.0485. The van der Waals surface area contributed by atoms with Gasteiger partial charge in [0.05, 0.1) is 39.1 Å². The fraction of sp³-hybridized carbons (Fsp3) is 0.556. The van der Waals surface area contributed by atoms with Gasteiger partial charge in [0.2, 0.25) is 0 Å². The number of carbonyl (C=O) groups excluding carboxylic acids is 2. The lowest BCUT2D eigenvalue weighted by Crippen LogP contribution is -3.18. The van der Waals surface area contributed by atoms with Crippen molar-refractivity contribution in [3.05, 3.63) is 23.3 Å². The van der Waals surface area contributed by atoms with E-state index in [0.717, 1.165) is 29.7 Å². The van der Waals surface area contributed by atoms with Crippen molar-refractivity contribution in [1.82, 2.24) is 0 Å². The second-order valence-corrected chi connectivity index (χ2v) is 6.48. The molecule has 0 atom stereocenters. The van der Waals surface area contributed by atoms with Crippen LogP contribution in [0.2, 0.25) is 0 Å².